The number of halogens is 1. The smallest absolute Gasteiger partial charge is 0.336 e. The van der Waals surface area contributed by atoms with Crippen molar-refractivity contribution < 1.29 is 19.4 Å². The van der Waals surface area contributed by atoms with E-state index in [9.17, 15) is 19.4 Å². The molecule has 2 aromatic carbocycles. The third-order valence-corrected chi connectivity index (χ3v) is 2.63. The molecule has 2 rings (SSSR count). The highest BCUT2D eigenvalue weighted by molar-refractivity contribution is 6.21. The van der Waals surface area contributed by atoms with Crippen LogP contribution in [-0.4, -0.2) is 16.2 Å². The molecule has 0 amide bonds. The Bertz CT molecular complexity index is 647. The second-order valence-electron chi connectivity index (χ2n) is 3.90. The number of carboxylic acids is 1. The molecule has 0 atom stereocenters. The summed E-state index contributed by atoms with van der Waals surface area (Å²) in [6.45, 7) is 0. The first-order valence-corrected chi connectivity index (χ1v) is 5.57. The lowest BCUT2D eigenvalue weighted by molar-refractivity contribution is -0.130. The number of aromatic hydroxyl groups is 1. The summed E-state index contributed by atoms with van der Waals surface area (Å²) in [7, 11) is 0. The molecule has 0 fully saturated rings. The number of para-hydroxylation sites is 1. The van der Waals surface area contributed by atoms with Gasteiger partial charge in [-0.15, -0.1) is 0 Å². The van der Waals surface area contributed by atoms with E-state index in [2.05, 4.69) is 0 Å². The van der Waals surface area contributed by atoms with E-state index in [1.165, 1.54) is 36.4 Å². The van der Waals surface area contributed by atoms with Crippen LogP contribution >= 0.6 is 0 Å². The summed E-state index contributed by atoms with van der Waals surface area (Å²) < 4.78 is 13.5. The number of phenolic OH excluding ortho intramolecular Hbond substituents is 1. The molecule has 0 saturated heterocycles. The van der Waals surface area contributed by atoms with Crippen LogP contribution in [0.15, 0.2) is 48.5 Å². The molecular formula is C15H11FO3. The number of benzene rings is 2. The zero-order chi connectivity index (χ0) is 13.8. The Morgan fingerprint density at radius 3 is 2.32 bits per heavy atom. The SMILES string of the molecule is O=C(O)/C(=C/c1ccccc1F)c1ccccc1O. The lowest BCUT2D eigenvalue weighted by Gasteiger charge is -2.06. The maximum atomic E-state index is 13.5. The summed E-state index contributed by atoms with van der Waals surface area (Å²) in [5, 5.41) is 18.9. The molecular weight excluding hydrogens is 247 g/mol. The molecule has 19 heavy (non-hydrogen) atoms. The zero-order valence-electron chi connectivity index (χ0n) is 9.88. The molecule has 0 aromatic heterocycles. The minimum absolute atomic E-state index is 0.151. The van der Waals surface area contributed by atoms with Crippen molar-refractivity contribution in [1.82, 2.24) is 0 Å². The van der Waals surface area contributed by atoms with Gasteiger partial charge in [0.25, 0.3) is 0 Å². The molecule has 0 bridgehead atoms. The number of hydrogen-bond acceptors (Lipinski definition) is 2. The van der Waals surface area contributed by atoms with Gasteiger partial charge in [0.05, 0.1) is 5.57 Å². The average Bonchev–Trinajstić information content (AvgIpc) is 2.38. The van der Waals surface area contributed by atoms with Gasteiger partial charge in [0.1, 0.15) is 11.6 Å². The van der Waals surface area contributed by atoms with E-state index >= 15 is 0 Å². The van der Waals surface area contributed by atoms with Gasteiger partial charge in [0.2, 0.25) is 0 Å². The largest absolute Gasteiger partial charge is 0.507 e. The summed E-state index contributed by atoms with van der Waals surface area (Å²) in [6, 6.07) is 11.9. The van der Waals surface area contributed by atoms with Crippen LogP contribution in [0.25, 0.3) is 11.6 Å². The molecule has 0 spiro atoms. The molecule has 0 saturated carbocycles. The fourth-order valence-corrected chi connectivity index (χ4v) is 1.70. The Labute approximate surface area is 109 Å². The Hall–Kier alpha value is -2.62. The van der Waals surface area contributed by atoms with Gasteiger partial charge in [-0.05, 0) is 18.2 Å². The van der Waals surface area contributed by atoms with Crippen LogP contribution < -0.4 is 0 Å². The second-order valence-corrected chi connectivity index (χ2v) is 3.90. The maximum Gasteiger partial charge on any atom is 0.336 e. The van der Waals surface area contributed by atoms with Gasteiger partial charge in [-0.25, -0.2) is 9.18 Å². The van der Waals surface area contributed by atoms with Crippen LogP contribution in [0.1, 0.15) is 11.1 Å². The van der Waals surface area contributed by atoms with E-state index in [1.54, 1.807) is 18.2 Å². The first-order chi connectivity index (χ1) is 9.09. The molecule has 4 heteroatoms. The van der Waals surface area contributed by atoms with Crippen molar-refractivity contribution in [3.05, 3.63) is 65.5 Å². The Balaban J connectivity index is 2.57. The van der Waals surface area contributed by atoms with Gasteiger partial charge in [-0.2, -0.15) is 0 Å². The van der Waals surface area contributed by atoms with Gasteiger partial charge >= 0.3 is 5.97 Å². The molecule has 2 aromatic rings. The summed E-state index contributed by atoms with van der Waals surface area (Å²) in [4.78, 5) is 11.3. The van der Waals surface area contributed by atoms with Crippen LogP contribution in [0.5, 0.6) is 5.75 Å². The fourth-order valence-electron chi connectivity index (χ4n) is 1.70. The highest BCUT2D eigenvalue weighted by Crippen LogP contribution is 2.27. The van der Waals surface area contributed by atoms with Crippen molar-refractivity contribution in [2.24, 2.45) is 0 Å². The number of aliphatic carboxylic acids is 1. The molecule has 0 unspecified atom stereocenters. The van der Waals surface area contributed by atoms with Crippen molar-refractivity contribution in [3.63, 3.8) is 0 Å². The number of carbonyl (C=O) groups is 1. The highest BCUT2D eigenvalue weighted by atomic mass is 19.1. The van der Waals surface area contributed by atoms with Crippen LogP contribution in [0.3, 0.4) is 0 Å². The van der Waals surface area contributed by atoms with Crippen molar-refractivity contribution >= 4 is 17.6 Å². The van der Waals surface area contributed by atoms with Crippen LogP contribution in [0, 0.1) is 5.82 Å². The topological polar surface area (TPSA) is 57.5 Å². The molecule has 96 valence electrons. The zero-order valence-corrected chi connectivity index (χ0v) is 9.88. The Morgan fingerprint density at radius 2 is 1.68 bits per heavy atom. The first-order valence-electron chi connectivity index (χ1n) is 5.57. The predicted molar refractivity (Wildman–Crippen MR) is 70.0 cm³/mol. The first kappa shape index (κ1) is 12.8. The summed E-state index contributed by atoms with van der Waals surface area (Å²) in [6.07, 6.45) is 1.20. The van der Waals surface area contributed by atoms with E-state index in [1.807, 2.05) is 0 Å². The third kappa shape index (κ3) is 2.80. The van der Waals surface area contributed by atoms with Crippen molar-refractivity contribution in [2.45, 2.75) is 0 Å². The van der Waals surface area contributed by atoms with Crippen LogP contribution in [-0.2, 0) is 4.79 Å². The predicted octanol–water partition coefficient (Wildman–Crippen LogP) is 3.16. The van der Waals surface area contributed by atoms with Crippen molar-refractivity contribution in [1.29, 1.82) is 0 Å². The Morgan fingerprint density at radius 1 is 1.05 bits per heavy atom. The van der Waals surface area contributed by atoms with Crippen LogP contribution in [0.4, 0.5) is 4.39 Å². The molecule has 2 N–H and O–H groups in total. The quantitative estimate of drug-likeness (QED) is 0.656. The van der Waals surface area contributed by atoms with Crippen molar-refractivity contribution in [2.75, 3.05) is 0 Å². The average molecular weight is 258 g/mol. The van der Waals surface area contributed by atoms with Gasteiger partial charge in [0.15, 0.2) is 0 Å². The van der Waals surface area contributed by atoms with Gasteiger partial charge < -0.3 is 10.2 Å². The fraction of sp³-hybridized carbons (Fsp3) is 0. The van der Waals surface area contributed by atoms with E-state index < -0.39 is 11.8 Å². The van der Waals surface area contributed by atoms with Gasteiger partial charge in [0, 0.05) is 11.1 Å². The van der Waals surface area contributed by atoms with E-state index in [4.69, 9.17) is 0 Å². The van der Waals surface area contributed by atoms with E-state index in [-0.39, 0.29) is 22.4 Å². The molecule has 0 aliphatic heterocycles. The van der Waals surface area contributed by atoms with E-state index in [0.717, 1.165) is 0 Å². The van der Waals surface area contributed by atoms with Crippen molar-refractivity contribution in [3.8, 4) is 5.75 Å². The number of phenols is 1. The molecule has 0 radical (unpaired) electrons. The van der Waals surface area contributed by atoms with Crippen LogP contribution in [0.2, 0.25) is 0 Å². The highest BCUT2D eigenvalue weighted by Gasteiger charge is 2.14. The number of carboxylic acid groups (broad SMARTS) is 1. The number of hydrogen-bond donors (Lipinski definition) is 2. The third-order valence-electron chi connectivity index (χ3n) is 2.63. The molecule has 0 aliphatic carbocycles. The summed E-state index contributed by atoms with van der Waals surface area (Å²) in [5.41, 5.74) is 0.143. The summed E-state index contributed by atoms with van der Waals surface area (Å²) >= 11 is 0. The standard InChI is InChI=1S/C15H11FO3/c16-13-7-3-1-5-10(13)9-12(15(18)19)11-6-2-4-8-14(11)17/h1-9,17H,(H,18,19)/b12-9+. The second kappa shape index (κ2) is 5.35. The maximum absolute atomic E-state index is 13.5. The lowest BCUT2D eigenvalue weighted by atomic mass is 10.0. The van der Waals surface area contributed by atoms with Gasteiger partial charge in [-0.3, -0.25) is 0 Å². The monoisotopic (exact) mass is 258 g/mol. The minimum atomic E-state index is -1.23. The molecule has 0 heterocycles. The Kier molecular flexibility index (Phi) is 3.61. The molecule has 3 nitrogen and oxygen atoms in total. The molecule has 0 aliphatic rings. The summed E-state index contributed by atoms with van der Waals surface area (Å²) in [5.74, 6) is -1.91. The number of rotatable bonds is 3. The van der Waals surface area contributed by atoms with E-state index in [0.29, 0.717) is 0 Å². The lowest BCUT2D eigenvalue weighted by Crippen LogP contribution is -2.00. The van der Waals surface area contributed by atoms with Gasteiger partial charge in [-0.1, -0.05) is 36.4 Å². The minimum Gasteiger partial charge on any atom is -0.507 e. The normalized spacial score (nSPS) is 11.3.